The van der Waals surface area contributed by atoms with Gasteiger partial charge in [-0.2, -0.15) is 11.8 Å². The molecular formula is C14H15ClN2O2S. The molecule has 1 aliphatic heterocycles. The van der Waals surface area contributed by atoms with Gasteiger partial charge in [-0.25, -0.2) is 0 Å². The second kappa shape index (κ2) is 5.31. The van der Waals surface area contributed by atoms with E-state index < -0.39 is 5.60 Å². The zero-order valence-electron chi connectivity index (χ0n) is 10.8. The zero-order chi connectivity index (χ0) is 14.2. The molecule has 0 saturated carbocycles. The Morgan fingerprint density at radius 3 is 3.10 bits per heavy atom. The van der Waals surface area contributed by atoms with E-state index in [2.05, 4.69) is 10.3 Å². The molecule has 1 saturated heterocycles. The van der Waals surface area contributed by atoms with Gasteiger partial charge in [0.2, 0.25) is 0 Å². The van der Waals surface area contributed by atoms with Crippen LogP contribution >= 0.6 is 23.4 Å². The maximum Gasteiger partial charge on any atom is 0.267 e. The lowest BCUT2D eigenvalue weighted by Gasteiger charge is -2.21. The molecule has 0 spiro atoms. The molecule has 0 bridgehead atoms. The van der Waals surface area contributed by atoms with Crippen molar-refractivity contribution >= 4 is 40.2 Å². The third-order valence-corrected chi connectivity index (χ3v) is 4.96. The van der Waals surface area contributed by atoms with Crippen molar-refractivity contribution < 1.29 is 9.90 Å². The Kier molecular flexibility index (Phi) is 3.67. The van der Waals surface area contributed by atoms with Crippen LogP contribution in [0, 0.1) is 0 Å². The predicted molar refractivity (Wildman–Crippen MR) is 82.5 cm³/mol. The van der Waals surface area contributed by atoms with E-state index in [0.29, 0.717) is 16.5 Å². The van der Waals surface area contributed by atoms with Crippen molar-refractivity contribution in [3.05, 3.63) is 35.0 Å². The van der Waals surface area contributed by atoms with Crippen LogP contribution in [0.5, 0.6) is 0 Å². The number of halogens is 1. The van der Waals surface area contributed by atoms with Crippen molar-refractivity contribution in [1.82, 2.24) is 10.3 Å². The second-order valence-electron chi connectivity index (χ2n) is 5.12. The fraction of sp³-hybridized carbons (Fsp3) is 0.357. The maximum absolute atomic E-state index is 12.1. The average Bonchev–Trinajstić information content (AvgIpc) is 3.02. The van der Waals surface area contributed by atoms with Crippen LogP contribution in [0.15, 0.2) is 24.3 Å². The second-order valence-corrected chi connectivity index (χ2v) is 6.67. The van der Waals surface area contributed by atoms with Crippen molar-refractivity contribution in [3.63, 3.8) is 0 Å². The minimum Gasteiger partial charge on any atom is -0.387 e. The van der Waals surface area contributed by atoms with Crippen LogP contribution in [-0.2, 0) is 0 Å². The van der Waals surface area contributed by atoms with E-state index in [1.165, 1.54) is 0 Å². The SMILES string of the molecule is O=C(NCC1(O)CCSC1)c1cc2ccc(Cl)cc2[nH]1. The van der Waals surface area contributed by atoms with Gasteiger partial charge >= 0.3 is 0 Å². The molecule has 1 aliphatic rings. The highest BCUT2D eigenvalue weighted by Gasteiger charge is 2.32. The normalized spacial score (nSPS) is 22.3. The van der Waals surface area contributed by atoms with Crippen LogP contribution in [0.2, 0.25) is 5.02 Å². The number of H-pyrrole nitrogens is 1. The Labute approximate surface area is 125 Å². The van der Waals surface area contributed by atoms with Crippen LogP contribution in [0.3, 0.4) is 0 Å². The van der Waals surface area contributed by atoms with Crippen LogP contribution in [0.4, 0.5) is 0 Å². The van der Waals surface area contributed by atoms with Crippen LogP contribution in [0.25, 0.3) is 10.9 Å². The first-order chi connectivity index (χ1) is 9.56. The number of rotatable bonds is 3. The van der Waals surface area contributed by atoms with Gasteiger partial charge in [-0.05, 0) is 30.4 Å². The van der Waals surface area contributed by atoms with E-state index in [1.54, 1.807) is 30.0 Å². The quantitative estimate of drug-likeness (QED) is 0.816. The molecule has 4 nitrogen and oxygen atoms in total. The molecule has 1 aromatic carbocycles. The highest BCUT2D eigenvalue weighted by molar-refractivity contribution is 7.99. The van der Waals surface area contributed by atoms with Crippen LogP contribution in [0.1, 0.15) is 16.9 Å². The average molecular weight is 311 g/mol. The first-order valence-corrected chi connectivity index (χ1v) is 7.96. The summed E-state index contributed by atoms with van der Waals surface area (Å²) in [6, 6.07) is 7.23. The van der Waals surface area contributed by atoms with Gasteiger partial charge in [0.25, 0.3) is 5.91 Å². The topological polar surface area (TPSA) is 65.1 Å². The van der Waals surface area contributed by atoms with E-state index in [0.717, 1.165) is 23.1 Å². The van der Waals surface area contributed by atoms with Gasteiger partial charge in [0, 0.05) is 28.2 Å². The summed E-state index contributed by atoms with van der Waals surface area (Å²) in [7, 11) is 0. The third kappa shape index (κ3) is 2.80. The zero-order valence-corrected chi connectivity index (χ0v) is 12.4. The maximum atomic E-state index is 12.1. The van der Waals surface area contributed by atoms with Crippen molar-refractivity contribution in [3.8, 4) is 0 Å². The molecule has 2 aromatic rings. The lowest BCUT2D eigenvalue weighted by atomic mass is 10.0. The molecule has 1 unspecified atom stereocenters. The van der Waals surface area contributed by atoms with E-state index in [1.807, 2.05) is 6.07 Å². The number of hydrogen-bond acceptors (Lipinski definition) is 3. The molecule has 1 aromatic heterocycles. The molecule has 2 heterocycles. The minimum absolute atomic E-state index is 0.206. The Morgan fingerprint density at radius 1 is 1.50 bits per heavy atom. The summed E-state index contributed by atoms with van der Waals surface area (Å²) in [6.45, 7) is 0.287. The van der Waals surface area contributed by atoms with E-state index in [-0.39, 0.29) is 12.5 Å². The number of nitrogens with one attached hydrogen (secondary N) is 2. The number of hydrogen-bond donors (Lipinski definition) is 3. The summed E-state index contributed by atoms with van der Waals surface area (Å²) in [6.07, 6.45) is 0.722. The third-order valence-electron chi connectivity index (χ3n) is 3.49. The number of aromatic nitrogens is 1. The van der Waals surface area contributed by atoms with Crippen molar-refractivity contribution in [2.24, 2.45) is 0 Å². The molecule has 3 N–H and O–H groups in total. The summed E-state index contributed by atoms with van der Waals surface area (Å²) < 4.78 is 0. The molecular weight excluding hydrogens is 296 g/mol. The van der Waals surface area contributed by atoms with Crippen molar-refractivity contribution in [2.75, 3.05) is 18.1 Å². The molecule has 6 heteroatoms. The van der Waals surface area contributed by atoms with Gasteiger partial charge in [-0.15, -0.1) is 0 Å². The van der Waals surface area contributed by atoms with E-state index in [9.17, 15) is 9.90 Å². The van der Waals surface area contributed by atoms with Crippen molar-refractivity contribution in [2.45, 2.75) is 12.0 Å². The molecule has 20 heavy (non-hydrogen) atoms. The first-order valence-electron chi connectivity index (χ1n) is 6.42. The first kappa shape index (κ1) is 13.8. The van der Waals surface area contributed by atoms with E-state index in [4.69, 9.17) is 11.6 Å². The number of thioether (sulfide) groups is 1. The van der Waals surface area contributed by atoms with Gasteiger partial charge in [-0.1, -0.05) is 17.7 Å². The Bertz CT molecular complexity index is 650. The molecule has 0 radical (unpaired) electrons. The molecule has 1 fully saturated rings. The Morgan fingerprint density at radius 2 is 2.35 bits per heavy atom. The Hall–Kier alpha value is -1.17. The number of aromatic amines is 1. The summed E-state index contributed by atoms with van der Waals surface area (Å²) in [5.74, 6) is 1.41. The summed E-state index contributed by atoms with van der Waals surface area (Å²) in [5, 5.41) is 14.6. The molecule has 3 rings (SSSR count). The van der Waals surface area contributed by atoms with Gasteiger partial charge in [0.15, 0.2) is 0 Å². The minimum atomic E-state index is -0.768. The number of fused-ring (bicyclic) bond motifs is 1. The highest BCUT2D eigenvalue weighted by atomic mass is 35.5. The number of carbonyl (C=O) groups excluding carboxylic acids is 1. The smallest absolute Gasteiger partial charge is 0.267 e. The van der Waals surface area contributed by atoms with Crippen LogP contribution in [-0.4, -0.2) is 39.6 Å². The van der Waals surface area contributed by atoms with Crippen molar-refractivity contribution in [1.29, 1.82) is 0 Å². The summed E-state index contributed by atoms with van der Waals surface area (Å²) >= 11 is 7.63. The monoisotopic (exact) mass is 310 g/mol. The summed E-state index contributed by atoms with van der Waals surface area (Å²) in [5.41, 5.74) is 0.546. The standard InChI is InChI=1S/C14H15ClN2O2S/c15-10-2-1-9-5-12(17-11(9)6-10)13(18)16-7-14(19)3-4-20-8-14/h1-2,5-6,17,19H,3-4,7-8H2,(H,16,18). The fourth-order valence-electron chi connectivity index (χ4n) is 2.30. The number of benzene rings is 1. The Balaban J connectivity index is 1.72. The highest BCUT2D eigenvalue weighted by Crippen LogP contribution is 2.27. The summed E-state index contributed by atoms with van der Waals surface area (Å²) in [4.78, 5) is 15.1. The van der Waals surface area contributed by atoms with Gasteiger partial charge in [0.05, 0.1) is 5.60 Å². The van der Waals surface area contributed by atoms with Gasteiger partial charge < -0.3 is 15.4 Å². The number of amides is 1. The lowest BCUT2D eigenvalue weighted by Crippen LogP contribution is -2.43. The fourth-order valence-corrected chi connectivity index (χ4v) is 3.76. The van der Waals surface area contributed by atoms with Gasteiger partial charge in [-0.3, -0.25) is 4.79 Å². The molecule has 1 atom stereocenters. The van der Waals surface area contributed by atoms with Gasteiger partial charge in [0.1, 0.15) is 5.69 Å². The lowest BCUT2D eigenvalue weighted by molar-refractivity contribution is 0.0611. The number of aliphatic hydroxyl groups is 1. The molecule has 106 valence electrons. The van der Waals surface area contributed by atoms with E-state index >= 15 is 0 Å². The molecule has 0 aliphatic carbocycles. The molecule has 1 amide bonds. The largest absolute Gasteiger partial charge is 0.387 e. The predicted octanol–water partition coefficient (Wildman–Crippen LogP) is 2.42. The van der Waals surface area contributed by atoms with Crippen LogP contribution < -0.4 is 5.32 Å². The number of carbonyl (C=O) groups is 1.